The minimum atomic E-state index is -4.66. The molecule has 0 saturated carbocycles. The summed E-state index contributed by atoms with van der Waals surface area (Å²) in [7, 11) is 0. The SMILES string of the molecule is CC(C)(C)Cn1cc(C(N)C(F)F)c2ccc(-c3c(C#N)cccc3C(F)(F)F)cc21. The second-order valence-electron chi connectivity index (χ2n) is 8.70. The quantitative estimate of drug-likeness (QED) is 0.475. The summed E-state index contributed by atoms with van der Waals surface area (Å²) in [5, 5.41) is 9.85. The molecule has 0 radical (unpaired) electrons. The monoisotopic (exact) mass is 435 g/mol. The molecule has 1 unspecified atom stereocenters. The number of hydrogen-bond acceptors (Lipinski definition) is 2. The predicted octanol–water partition coefficient (Wildman–Crippen LogP) is 6.51. The number of hydrogen-bond donors (Lipinski definition) is 1. The fraction of sp³-hybridized carbons (Fsp3) is 0.348. The van der Waals surface area contributed by atoms with Gasteiger partial charge in [0.1, 0.15) is 0 Å². The smallest absolute Gasteiger partial charge is 0.347 e. The highest BCUT2D eigenvalue weighted by Crippen LogP contribution is 2.41. The lowest BCUT2D eigenvalue weighted by molar-refractivity contribution is -0.137. The fourth-order valence-corrected chi connectivity index (χ4v) is 3.71. The van der Waals surface area contributed by atoms with Crippen molar-refractivity contribution < 1.29 is 22.0 Å². The minimum Gasteiger partial charge on any atom is -0.347 e. The maximum Gasteiger partial charge on any atom is 0.417 e. The van der Waals surface area contributed by atoms with E-state index >= 15 is 0 Å². The van der Waals surface area contributed by atoms with Gasteiger partial charge < -0.3 is 10.3 Å². The molecule has 0 aliphatic carbocycles. The van der Waals surface area contributed by atoms with Crippen LogP contribution >= 0.6 is 0 Å². The van der Waals surface area contributed by atoms with E-state index in [0.29, 0.717) is 17.4 Å². The third-order valence-corrected chi connectivity index (χ3v) is 4.97. The van der Waals surface area contributed by atoms with Crippen LogP contribution in [0.2, 0.25) is 0 Å². The van der Waals surface area contributed by atoms with E-state index in [1.165, 1.54) is 36.5 Å². The van der Waals surface area contributed by atoms with Crippen LogP contribution in [0.15, 0.2) is 42.6 Å². The lowest BCUT2D eigenvalue weighted by atomic mass is 9.93. The summed E-state index contributed by atoms with van der Waals surface area (Å²) in [6.45, 7) is 6.32. The Bertz CT molecular complexity index is 1150. The minimum absolute atomic E-state index is 0.118. The molecule has 31 heavy (non-hydrogen) atoms. The van der Waals surface area contributed by atoms with Gasteiger partial charge in [0.15, 0.2) is 0 Å². The highest BCUT2D eigenvalue weighted by Gasteiger charge is 2.35. The van der Waals surface area contributed by atoms with E-state index in [1.54, 1.807) is 4.57 Å². The van der Waals surface area contributed by atoms with Gasteiger partial charge in [-0.1, -0.05) is 39.0 Å². The number of nitrogens with zero attached hydrogens (tertiary/aromatic N) is 2. The van der Waals surface area contributed by atoms with Crippen molar-refractivity contribution in [2.24, 2.45) is 11.1 Å². The van der Waals surface area contributed by atoms with E-state index in [2.05, 4.69) is 0 Å². The van der Waals surface area contributed by atoms with Gasteiger partial charge in [-0.05, 0) is 29.2 Å². The Labute approximate surface area is 176 Å². The maximum absolute atomic E-state index is 13.7. The van der Waals surface area contributed by atoms with Gasteiger partial charge in [-0.3, -0.25) is 0 Å². The largest absolute Gasteiger partial charge is 0.417 e. The Morgan fingerprint density at radius 2 is 1.77 bits per heavy atom. The number of nitriles is 1. The van der Waals surface area contributed by atoms with Crippen molar-refractivity contribution in [2.45, 2.75) is 46.0 Å². The van der Waals surface area contributed by atoms with E-state index in [1.807, 2.05) is 26.8 Å². The lowest BCUT2D eigenvalue weighted by Crippen LogP contribution is -2.19. The van der Waals surface area contributed by atoms with Crippen molar-refractivity contribution >= 4 is 10.9 Å². The van der Waals surface area contributed by atoms with Crippen LogP contribution in [-0.4, -0.2) is 11.0 Å². The molecule has 1 atom stereocenters. The molecule has 1 heterocycles. The zero-order valence-corrected chi connectivity index (χ0v) is 17.3. The van der Waals surface area contributed by atoms with Crippen LogP contribution < -0.4 is 5.73 Å². The van der Waals surface area contributed by atoms with Gasteiger partial charge in [0, 0.05) is 34.8 Å². The number of halogens is 5. The number of benzene rings is 2. The van der Waals surface area contributed by atoms with Gasteiger partial charge in [0.05, 0.1) is 23.2 Å². The van der Waals surface area contributed by atoms with Crippen LogP contribution in [0, 0.1) is 16.7 Å². The van der Waals surface area contributed by atoms with Gasteiger partial charge in [0.25, 0.3) is 6.43 Å². The topological polar surface area (TPSA) is 54.7 Å². The first kappa shape index (κ1) is 22.8. The van der Waals surface area contributed by atoms with Crippen molar-refractivity contribution in [1.82, 2.24) is 4.57 Å². The van der Waals surface area contributed by atoms with Crippen LogP contribution in [0.5, 0.6) is 0 Å². The highest BCUT2D eigenvalue weighted by atomic mass is 19.4. The van der Waals surface area contributed by atoms with Gasteiger partial charge in [-0.2, -0.15) is 18.4 Å². The summed E-state index contributed by atoms with van der Waals surface area (Å²) in [5.41, 5.74) is 5.09. The van der Waals surface area contributed by atoms with Crippen LogP contribution in [0.4, 0.5) is 22.0 Å². The molecule has 164 valence electrons. The van der Waals surface area contributed by atoms with Crippen LogP contribution in [0.1, 0.15) is 43.5 Å². The Morgan fingerprint density at radius 3 is 2.32 bits per heavy atom. The molecule has 0 amide bonds. The van der Waals surface area contributed by atoms with Crippen molar-refractivity contribution in [3.8, 4) is 17.2 Å². The third kappa shape index (κ3) is 4.57. The average Bonchev–Trinajstić information content (AvgIpc) is 3.01. The Balaban J connectivity index is 2.32. The van der Waals surface area contributed by atoms with Crippen molar-refractivity contribution in [3.05, 3.63) is 59.3 Å². The number of fused-ring (bicyclic) bond motifs is 1. The first-order valence-corrected chi connectivity index (χ1v) is 9.60. The second kappa shape index (κ2) is 7.97. The summed E-state index contributed by atoms with van der Waals surface area (Å²) in [5.74, 6) is 0. The predicted molar refractivity (Wildman–Crippen MR) is 109 cm³/mol. The van der Waals surface area contributed by atoms with E-state index in [0.717, 1.165) is 6.07 Å². The van der Waals surface area contributed by atoms with Gasteiger partial charge in [-0.25, -0.2) is 8.78 Å². The molecule has 8 heteroatoms. The molecule has 0 fully saturated rings. The lowest BCUT2D eigenvalue weighted by Gasteiger charge is -2.20. The zero-order chi connectivity index (χ0) is 23.1. The molecule has 0 bridgehead atoms. The first-order chi connectivity index (χ1) is 14.3. The Hall–Kier alpha value is -2.92. The summed E-state index contributed by atoms with van der Waals surface area (Å²) >= 11 is 0. The normalized spacial score (nSPS) is 13.6. The van der Waals surface area contributed by atoms with Crippen LogP contribution in [-0.2, 0) is 12.7 Å². The van der Waals surface area contributed by atoms with Crippen molar-refractivity contribution in [2.75, 3.05) is 0 Å². The summed E-state index contributed by atoms with van der Waals surface area (Å²) in [6.07, 6.45) is -5.91. The molecule has 3 aromatic rings. The van der Waals surface area contributed by atoms with Crippen LogP contribution in [0.3, 0.4) is 0 Å². The van der Waals surface area contributed by atoms with Crippen molar-refractivity contribution in [3.63, 3.8) is 0 Å². The standard InChI is InChI=1S/C23H22F5N3/c1-22(2,3)12-31-11-16(20(30)21(24)25)15-8-7-13(9-18(15)31)19-14(10-29)5-4-6-17(19)23(26,27)28/h4-9,11,20-21H,12,30H2,1-3H3. The van der Waals surface area contributed by atoms with Gasteiger partial charge in [-0.15, -0.1) is 0 Å². The second-order valence-corrected chi connectivity index (χ2v) is 8.70. The molecular formula is C23H22F5N3. The number of alkyl halides is 5. The number of rotatable bonds is 4. The summed E-state index contributed by atoms with van der Waals surface area (Å²) in [6, 6.07) is 8.15. The summed E-state index contributed by atoms with van der Waals surface area (Å²) < 4.78 is 69.3. The van der Waals surface area contributed by atoms with E-state index < -0.39 is 24.2 Å². The zero-order valence-electron chi connectivity index (χ0n) is 17.3. The molecular weight excluding hydrogens is 413 g/mol. The van der Waals surface area contributed by atoms with Gasteiger partial charge in [0.2, 0.25) is 0 Å². The van der Waals surface area contributed by atoms with Crippen LogP contribution in [0.25, 0.3) is 22.0 Å². The van der Waals surface area contributed by atoms with E-state index in [-0.39, 0.29) is 27.7 Å². The molecule has 3 rings (SSSR count). The molecule has 3 nitrogen and oxygen atoms in total. The average molecular weight is 435 g/mol. The molecule has 0 aliphatic rings. The van der Waals surface area contributed by atoms with E-state index in [9.17, 15) is 27.2 Å². The summed E-state index contributed by atoms with van der Waals surface area (Å²) in [4.78, 5) is 0. The maximum atomic E-state index is 13.7. The molecule has 2 N–H and O–H groups in total. The Kier molecular flexibility index (Phi) is 5.85. The Morgan fingerprint density at radius 1 is 1.10 bits per heavy atom. The molecule has 0 saturated heterocycles. The van der Waals surface area contributed by atoms with E-state index in [4.69, 9.17) is 5.73 Å². The van der Waals surface area contributed by atoms with Gasteiger partial charge >= 0.3 is 6.18 Å². The number of nitrogens with two attached hydrogens (primary N) is 1. The highest BCUT2D eigenvalue weighted by molar-refractivity contribution is 5.90. The first-order valence-electron chi connectivity index (χ1n) is 9.60. The molecule has 2 aromatic carbocycles. The van der Waals surface area contributed by atoms with Crippen molar-refractivity contribution in [1.29, 1.82) is 5.26 Å². The molecule has 0 spiro atoms. The molecule has 0 aliphatic heterocycles. The number of aromatic nitrogens is 1. The fourth-order valence-electron chi connectivity index (χ4n) is 3.71. The third-order valence-electron chi connectivity index (χ3n) is 4.97. The molecule has 1 aromatic heterocycles.